The summed E-state index contributed by atoms with van der Waals surface area (Å²) in [6.07, 6.45) is 5.70. The summed E-state index contributed by atoms with van der Waals surface area (Å²) in [5, 5.41) is 9.45. The number of rotatable bonds is 2. The molecule has 0 radical (unpaired) electrons. The maximum atomic E-state index is 11.1. The zero-order valence-corrected chi connectivity index (χ0v) is 9.18. The van der Waals surface area contributed by atoms with Gasteiger partial charge in [0.25, 0.3) is 0 Å². The molecule has 0 fully saturated rings. The molecule has 1 aromatic rings. The molecule has 1 aliphatic rings. The average molecular weight is 214 g/mol. The molecular formula is C14H14O2. The molecule has 0 saturated carbocycles. The molecular weight excluding hydrogens is 200 g/mol. The van der Waals surface area contributed by atoms with E-state index in [9.17, 15) is 9.90 Å². The van der Waals surface area contributed by atoms with Crippen LogP contribution in [0.15, 0.2) is 54.3 Å². The standard InChI is InChI=1S/C14H14O2/c1-14(8-7-12(15)13(16)10-14)9-11-5-3-2-4-6-11/h2-8,10,16H,9H2,1H3. The first-order valence-corrected chi connectivity index (χ1v) is 5.28. The van der Waals surface area contributed by atoms with Crippen molar-refractivity contribution in [2.45, 2.75) is 13.3 Å². The molecule has 1 unspecified atom stereocenters. The monoisotopic (exact) mass is 214 g/mol. The minimum atomic E-state index is -0.314. The Morgan fingerprint density at radius 3 is 2.56 bits per heavy atom. The lowest BCUT2D eigenvalue weighted by molar-refractivity contribution is -0.113. The third-order valence-electron chi connectivity index (χ3n) is 2.76. The number of carbonyl (C=O) groups is 1. The van der Waals surface area contributed by atoms with Gasteiger partial charge in [-0.05, 0) is 24.1 Å². The summed E-state index contributed by atoms with van der Waals surface area (Å²) in [7, 11) is 0. The number of hydrogen-bond acceptors (Lipinski definition) is 2. The van der Waals surface area contributed by atoms with Gasteiger partial charge in [0.05, 0.1) is 0 Å². The van der Waals surface area contributed by atoms with Gasteiger partial charge in [0.2, 0.25) is 5.78 Å². The lowest BCUT2D eigenvalue weighted by Gasteiger charge is -2.24. The van der Waals surface area contributed by atoms with Crippen LogP contribution in [0.1, 0.15) is 12.5 Å². The van der Waals surface area contributed by atoms with Crippen LogP contribution < -0.4 is 0 Å². The molecule has 0 aliphatic heterocycles. The van der Waals surface area contributed by atoms with Crippen LogP contribution in [-0.2, 0) is 11.2 Å². The normalized spacial score (nSPS) is 24.3. The van der Waals surface area contributed by atoms with Crippen LogP contribution in [0.25, 0.3) is 0 Å². The maximum absolute atomic E-state index is 11.1. The number of ketones is 1. The van der Waals surface area contributed by atoms with Gasteiger partial charge in [-0.3, -0.25) is 4.79 Å². The Bertz CT molecular complexity index is 457. The number of allylic oxidation sites excluding steroid dienone is 3. The van der Waals surface area contributed by atoms with E-state index in [-0.39, 0.29) is 17.0 Å². The molecule has 0 saturated heterocycles. The molecule has 0 spiro atoms. The van der Waals surface area contributed by atoms with Gasteiger partial charge in [0, 0.05) is 5.41 Å². The zero-order chi connectivity index (χ0) is 11.6. The molecule has 0 amide bonds. The van der Waals surface area contributed by atoms with E-state index in [0.29, 0.717) is 0 Å². The van der Waals surface area contributed by atoms with Gasteiger partial charge in [0.15, 0.2) is 5.76 Å². The molecule has 2 nitrogen and oxygen atoms in total. The summed E-state index contributed by atoms with van der Waals surface area (Å²) in [5.41, 5.74) is 0.910. The Kier molecular flexibility index (Phi) is 2.65. The van der Waals surface area contributed by atoms with Crippen molar-refractivity contribution in [3.63, 3.8) is 0 Å². The predicted octanol–water partition coefficient (Wildman–Crippen LogP) is 2.82. The fourth-order valence-corrected chi connectivity index (χ4v) is 1.93. The van der Waals surface area contributed by atoms with Gasteiger partial charge in [-0.25, -0.2) is 0 Å². The van der Waals surface area contributed by atoms with Crippen molar-refractivity contribution in [2.24, 2.45) is 5.41 Å². The van der Waals surface area contributed by atoms with Crippen LogP contribution in [0.2, 0.25) is 0 Å². The Morgan fingerprint density at radius 1 is 1.25 bits per heavy atom. The lowest BCUT2D eigenvalue weighted by atomic mass is 9.80. The van der Waals surface area contributed by atoms with Gasteiger partial charge in [-0.1, -0.05) is 43.3 Å². The SMILES string of the molecule is CC1(Cc2ccccc2)C=CC(=O)C(O)=C1. The molecule has 0 aromatic heterocycles. The summed E-state index contributed by atoms with van der Waals surface area (Å²) in [6, 6.07) is 10.0. The van der Waals surface area contributed by atoms with Crippen molar-refractivity contribution in [1.82, 2.24) is 0 Å². The van der Waals surface area contributed by atoms with E-state index in [4.69, 9.17) is 0 Å². The van der Waals surface area contributed by atoms with E-state index in [1.807, 2.05) is 43.3 Å². The van der Waals surface area contributed by atoms with E-state index in [2.05, 4.69) is 0 Å². The molecule has 1 aliphatic carbocycles. The Labute approximate surface area is 94.9 Å². The summed E-state index contributed by atoms with van der Waals surface area (Å²) >= 11 is 0. The fourth-order valence-electron chi connectivity index (χ4n) is 1.93. The molecule has 0 heterocycles. The van der Waals surface area contributed by atoms with Crippen molar-refractivity contribution in [3.8, 4) is 0 Å². The van der Waals surface area contributed by atoms with Gasteiger partial charge in [0.1, 0.15) is 0 Å². The molecule has 16 heavy (non-hydrogen) atoms. The Morgan fingerprint density at radius 2 is 1.94 bits per heavy atom. The smallest absolute Gasteiger partial charge is 0.219 e. The quantitative estimate of drug-likeness (QED) is 0.822. The molecule has 1 aromatic carbocycles. The molecule has 0 bridgehead atoms. The highest BCUT2D eigenvalue weighted by Crippen LogP contribution is 2.30. The van der Waals surface area contributed by atoms with Gasteiger partial charge >= 0.3 is 0 Å². The highest BCUT2D eigenvalue weighted by Gasteiger charge is 2.25. The van der Waals surface area contributed by atoms with E-state index in [1.54, 1.807) is 6.08 Å². The van der Waals surface area contributed by atoms with Crippen molar-refractivity contribution in [3.05, 3.63) is 59.9 Å². The zero-order valence-electron chi connectivity index (χ0n) is 9.18. The Hall–Kier alpha value is -1.83. The van der Waals surface area contributed by atoms with Crippen LogP contribution in [0.3, 0.4) is 0 Å². The molecule has 2 rings (SSSR count). The number of hydrogen-bond donors (Lipinski definition) is 1. The second-order valence-corrected chi connectivity index (χ2v) is 4.40. The molecule has 82 valence electrons. The third kappa shape index (κ3) is 2.22. The molecule has 1 atom stereocenters. The largest absolute Gasteiger partial charge is 0.504 e. The summed E-state index contributed by atoms with van der Waals surface area (Å²) < 4.78 is 0. The second-order valence-electron chi connectivity index (χ2n) is 4.40. The topological polar surface area (TPSA) is 37.3 Å². The molecule has 1 N–H and O–H groups in total. The van der Waals surface area contributed by atoms with Crippen molar-refractivity contribution in [1.29, 1.82) is 0 Å². The number of aliphatic hydroxyl groups excluding tert-OH is 1. The highest BCUT2D eigenvalue weighted by atomic mass is 16.3. The average Bonchev–Trinajstić information content (AvgIpc) is 2.25. The first kappa shape index (κ1) is 10.7. The van der Waals surface area contributed by atoms with Crippen LogP contribution in [0.5, 0.6) is 0 Å². The lowest BCUT2D eigenvalue weighted by Crippen LogP contribution is -2.20. The van der Waals surface area contributed by atoms with Gasteiger partial charge < -0.3 is 5.11 Å². The maximum Gasteiger partial charge on any atom is 0.219 e. The fraction of sp³-hybridized carbons (Fsp3) is 0.214. The van der Waals surface area contributed by atoms with Gasteiger partial charge in [-0.2, -0.15) is 0 Å². The summed E-state index contributed by atoms with van der Waals surface area (Å²) in [6.45, 7) is 2.00. The second kappa shape index (κ2) is 3.97. The summed E-state index contributed by atoms with van der Waals surface area (Å²) in [4.78, 5) is 11.1. The van der Waals surface area contributed by atoms with Gasteiger partial charge in [-0.15, -0.1) is 0 Å². The number of benzene rings is 1. The van der Waals surface area contributed by atoms with E-state index >= 15 is 0 Å². The first-order valence-electron chi connectivity index (χ1n) is 5.28. The first-order chi connectivity index (χ1) is 7.59. The number of carbonyl (C=O) groups excluding carboxylic acids is 1. The number of aliphatic hydroxyl groups is 1. The Balaban J connectivity index is 2.22. The highest BCUT2D eigenvalue weighted by molar-refractivity contribution is 6.03. The van der Waals surface area contributed by atoms with E-state index in [0.717, 1.165) is 6.42 Å². The van der Waals surface area contributed by atoms with Crippen LogP contribution in [0, 0.1) is 5.41 Å². The van der Waals surface area contributed by atoms with Crippen molar-refractivity contribution in [2.75, 3.05) is 0 Å². The van der Waals surface area contributed by atoms with E-state index in [1.165, 1.54) is 11.6 Å². The van der Waals surface area contributed by atoms with Crippen molar-refractivity contribution >= 4 is 5.78 Å². The predicted molar refractivity (Wildman–Crippen MR) is 63.1 cm³/mol. The van der Waals surface area contributed by atoms with Crippen LogP contribution in [0.4, 0.5) is 0 Å². The minimum absolute atomic E-state index is 0.152. The molecule has 2 heteroatoms. The van der Waals surface area contributed by atoms with E-state index < -0.39 is 0 Å². The van der Waals surface area contributed by atoms with Crippen LogP contribution >= 0.6 is 0 Å². The third-order valence-corrected chi connectivity index (χ3v) is 2.76. The summed E-state index contributed by atoms with van der Waals surface area (Å²) in [5.74, 6) is -0.466. The minimum Gasteiger partial charge on any atom is -0.504 e. The van der Waals surface area contributed by atoms with Crippen LogP contribution in [-0.4, -0.2) is 10.9 Å². The van der Waals surface area contributed by atoms with Crippen molar-refractivity contribution < 1.29 is 9.90 Å².